The van der Waals surface area contributed by atoms with E-state index in [0.29, 0.717) is 0 Å². The molecule has 14 heavy (non-hydrogen) atoms. The van der Waals surface area contributed by atoms with E-state index in [0.717, 1.165) is 17.0 Å². The second-order valence-electron chi connectivity index (χ2n) is 3.07. The molecule has 2 heterocycles. The van der Waals surface area contributed by atoms with Crippen molar-refractivity contribution in [2.45, 2.75) is 19.4 Å². The zero-order valence-corrected chi connectivity index (χ0v) is 8.71. The third-order valence-electron chi connectivity index (χ3n) is 2.12. The van der Waals surface area contributed by atoms with Gasteiger partial charge in [0.05, 0.1) is 5.69 Å². The molecule has 1 atom stereocenters. The van der Waals surface area contributed by atoms with Crippen LogP contribution in [-0.4, -0.2) is 15.3 Å². The van der Waals surface area contributed by atoms with Crippen molar-refractivity contribution in [2.75, 3.05) is 0 Å². The van der Waals surface area contributed by atoms with Crippen LogP contribution in [0.5, 0.6) is 0 Å². The van der Waals surface area contributed by atoms with Crippen LogP contribution in [0.15, 0.2) is 24.4 Å². The van der Waals surface area contributed by atoms with Gasteiger partial charge < -0.3 is 5.11 Å². The lowest BCUT2D eigenvalue weighted by Gasteiger charge is -2.04. The summed E-state index contributed by atoms with van der Waals surface area (Å²) in [4.78, 5) is 2.25. The maximum atomic E-state index is 9.93. The van der Waals surface area contributed by atoms with E-state index in [9.17, 15) is 5.11 Å². The van der Waals surface area contributed by atoms with Crippen molar-refractivity contribution in [3.8, 4) is 0 Å². The van der Waals surface area contributed by atoms with Crippen LogP contribution in [0, 0.1) is 0 Å². The number of nitrogens with zero attached hydrogens (tertiary/aromatic N) is 1. The standard InChI is InChI=1S/C10H12N2OS/c1-2-7-3-4-9(14-7)10(13)8-5-6-11-12-8/h3-6,10,13H,2H2,1H3,(H,11,12). The Hall–Kier alpha value is -1.13. The van der Waals surface area contributed by atoms with E-state index >= 15 is 0 Å². The molecule has 0 fully saturated rings. The molecule has 0 saturated heterocycles. The lowest BCUT2D eigenvalue weighted by atomic mass is 10.2. The second kappa shape index (κ2) is 3.94. The number of aliphatic hydroxyl groups excluding tert-OH is 1. The smallest absolute Gasteiger partial charge is 0.129 e. The van der Waals surface area contributed by atoms with Crippen LogP contribution in [-0.2, 0) is 6.42 Å². The molecule has 2 rings (SSSR count). The van der Waals surface area contributed by atoms with Crippen LogP contribution in [0.2, 0.25) is 0 Å². The van der Waals surface area contributed by atoms with E-state index in [2.05, 4.69) is 23.2 Å². The molecule has 2 aromatic heterocycles. The molecular weight excluding hydrogens is 196 g/mol. The number of H-pyrrole nitrogens is 1. The monoisotopic (exact) mass is 208 g/mol. The van der Waals surface area contributed by atoms with E-state index in [4.69, 9.17) is 0 Å². The first-order valence-corrected chi connectivity index (χ1v) is 5.39. The second-order valence-corrected chi connectivity index (χ2v) is 4.27. The van der Waals surface area contributed by atoms with E-state index in [1.165, 1.54) is 4.88 Å². The minimum atomic E-state index is -0.567. The number of hydrogen-bond donors (Lipinski definition) is 2. The van der Waals surface area contributed by atoms with Crippen molar-refractivity contribution in [3.05, 3.63) is 39.8 Å². The van der Waals surface area contributed by atoms with Gasteiger partial charge in [-0.2, -0.15) is 5.10 Å². The number of aromatic nitrogens is 2. The first kappa shape index (κ1) is 9.43. The number of hydrogen-bond acceptors (Lipinski definition) is 3. The van der Waals surface area contributed by atoms with Crippen molar-refractivity contribution >= 4 is 11.3 Å². The Bertz CT molecular complexity index is 394. The molecule has 0 spiro atoms. The van der Waals surface area contributed by atoms with Gasteiger partial charge in [0.15, 0.2) is 0 Å². The summed E-state index contributed by atoms with van der Waals surface area (Å²) in [6, 6.07) is 5.81. The van der Waals surface area contributed by atoms with Crippen LogP contribution in [0.1, 0.15) is 28.5 Å². The molecule has 0 aromatic carbocycles. The number of aromatic amines is 1. The van der Waals surface area contributed by atoms with Crippen molar-refractivity contribution in [2.24, 2.45) is 0 Å². The number of aryl methyl sites for hydroxylation is 1. The van der Waals surface area contributed by atoms with Crippen LogP contribution in [0.25, 0.3) is 0 Å². The van der Waals surface area contributed by atoms with Crippen LogP contribution >= 0.6 is 11.3 Å². The van der Waals surface area contributed by atoms with Gasteiger partial charge in [0.1, 0.15) is 6.10 Å². The molecule has 0 radical (unpaired) electrons. The highest BCUT2D eigenvalue weighted by Gasteiger charge is 2.13. The Labute approximate surface area is 86.4 Å². The molecule has 2 N–H and O–H groups in total. The number of nitrogens with one attached hydrogen (secondary N) is 1. The highest BCUT2D eigenvalue weighted by Crippen LogP contribution is 2.27. The topological polar surface area (TPSA) is 48.9 Å². The fourth-order valence-electron chi connectivity index (χ4n) is 1.30. The third kappa shape index (κ3) is 1.71. The van der Waals surface area contributed by atoms with Crippen molar-refractivity contribution in [1.82, 2.24) is 10.2 Å². The summed E-state index contributed by atoms with van der Waals surface area (Å²) in [5.74, 6) is 0. The Morgan fingerprint density at radius 3 is 2.93 bits per heavy atom. The molecule has 1 unspecified atom stereocenters. The first-order chi connectivity index (χ1) is 6.81. The zero-order chi connectivity index (χ0) is 9.97. The fourth-order valence-corrected chi connectivity index (χ4v) is 2.26. The maximum absolute atomic E-state index is 9.93. The molecule has 0 aliphatic heterocycles. The summed E-state index contributed by atoms with van der Waals surface area (Å²) in [7, 11) is 0. The van der Waals surface area contributed by atoms with E-state index in [1.807, 2.05) is 6.07 Å². The van der Waals surface area contributed by atoms with Gasteiger partial charge in [-0.15, -0.1) is 11.3 Å². The van der Waals surface area contributed by atoms with Crippen molar-refractivity contribution in [1.29, 1.82) is 0 Å². The van der Waals surface area contributed by atoms with E-state index in [-0.39, 0.29) is 0 Å². The summed E-state index contributed by atoms with van der Waals surface area (Å²) in [5.41, 5.74) is 0.745. The zero-order valence-electron chi connectivity index (χ0n) is 7.90. The van der Waals surface area contributed by atoms with Crippen molar-refractivity contribution < 1.29 is 5.11 Å². The summed E-state index contributed by atoms with van der Waals surface area (Å²) < 4.78 is 0. The van der Waals surface area contributed by atoms with Crippen LogP contribution < -0.4 is 0 Å². The Kier molecular flexibility index (Phi) is 2.65. The summed E-state index contributed by atoms with van der Waals surface area (Å²) in [6.07, 6.45) is 2.09. The minimum absolute atomic E-state index is 0.567. The Morgan fingerprint density at radius 1 is 1.50 bits per heavy atom. The van der Waals surface area contributed by atoms with E-state index in [1.54, 1.807) is 23.6 Å². The lowest BCUT2D eigenvalue weighted by molar-refractivity contribution is 0.219. The Balaban J connectivity index is 2.23. The van der Waals surface area contributed by atoms with Gasteiger partial charge in [-0.25, -0.2) is 0 Å². The van der Waals surface area contributed by atoms with Gasteiger partial charge in [-0.1, -0.05) is 6.92 Å². The average Bonchev–Trinajstić information content (AvgIpc) is 2.88. The SMILES string of the molecule is CCc1ccc(C(O)c2ccn[nH]2)s1. The largest absolute Gasteiger partial charge is 0.381 e. The van der Waals surface area contributed by atoms with Gasteiger partial charge in [0.2, 0.25) is 0 Å². The molecule has 74 valence electrons. The van der Waals surface area contributed by atoms with Gasteiger partial charge >= 0.3 is 0 Å². The molecule has 0 saturated carbocycles. The fraction of sp³-hybridized carbons (Fsp3) is 0.300. The van der Waals surface area contributed by atoms with Crippen LogP contribution in [0.4, 0.5) is 0 Å². The van der Waals surface area contributed by atoms with Gasteiger partial charge in [-0.05, 0) is 24.6 Å². The third-order valence-corrected chi connectivity index (χ3v) is 3.40. The highest BCUT2D eigenvalue weighted by molar-refractivity contribution is 7.12. The molecular formula is C10H12N2OS. The summed E-state index contributed by atoms with van der Waals surface area (Å²) in [6.45, 7) is 2.11. The average molecular weight is 208 g/mol. The quantitative estimate of drug-likeness (QED) is 0.811. The molecule has 2 aromatic rings. The molecule has 0 bridgehead atoms. The summed E-state index contributed by atoms with van der Waals surface area (Å²) in [5, 5.41) is 16.5. The van der Waals surface area contributed by atoms with Crippen LogP contribution in [0.3, 0.4) is 0 Å². The van der Waals surface area contributed by atoms with Gasteiger partial charge in [0.25, 0.3) is 0 Å². The first-order valence-electron chi connectivity index (χ1n) is 4.57. The number of rotatable bonds is 3. The molecule has 4 heteroatoms. The molecule has 0 aliphatic rings. The molecule has 0 aliphatic carbocycles. The van der Waals surface area contributed by atoms with E-state index < -0.39 is 6.10 Å². The van der Waals surface area contributed by atoms with Gasteiger partial charge in [-0.3, -0.25) is 5.10 Å². The minimum Gasteiger partial charge on any atom is -0.381 e. The highest BCUT2D eigenvalue weighted by atomic mass is 32.1. The maximum Gasteiger partial charge on any atom is 0.129 e. The lowest BCUT2D eigenvalue weighted by Crippen LogP contribution is -1.96. The number of aliphatic hydroxyl groups is 1. The Morgan fingerprint density at radius 2 is 2.36 bits per heavy atom. The molecule has 3 nitrogen and oxygen atoms in total. The summed E-state index contributed by atoms with van der Waals surface area (Å²) >= 11 is 1.64. The number of thiophene rings is 1. The predicted molar refractivity (Wildman–Crippen MR) is 56.3 cm³/mol. The molecule has 0 amide bonds. The van der Waals surface area contributed by atoms with Crippen molar-refractivity contribution in [3.63, 3.8) is 0 Å². The predicted octanol–water partition coefficient (Wildman–Crippen LogP) is 2.12. The van der Waals surface area contributed by atoms with Gasteiger partial charge in [0, 0.05) is 16.0 Å². The normalized spacial score (nSPS) is 13.0.